The maximum atomic E-state index is 12.2. The molecular formula is C14H21N3O4. The van der Waals surface area contributed by atoms with Crippen LogP contribution in [0.15, 0.2) is 10.6 Å². The zero-order chi connectivity index (χ0) is 15.6. The quantitative estimate of drug-likeness (QED) is 0.873. The van der Waals surface area contributed by atoms with E-state index in [-0.39, 0.29) is 11.3 Å². The minimum Gasteiger partial charge on any atom is -0.465 e. The van der Waals surface area contributed by atoms with E-state index in [9.17, 15) is 9.59 Å². The van der Waals surface area contributed by atoms with Crippen LogP contribution in [0.4, 0.5) is 10.6 Å². The van der Waals surface area contributed by atoms with Crippen molar-refractivity contribution in [3.05, 3.63) is 11.8 Å². The van der Waals surface area contributed by atoms with Gasteiger partial charge in [-0.3, -0.25) is 9.69 Å². The highest BCUT2D eigenvalue weighted by molar-refractivity contribution is 5.95. The Balaban J connectivity index is 2.06. The fraction of sp³-hybridized carbons (Fsp3) is 0.643. The number of aromatic nitrogens is 1. The molecule has 0 spiro atoms. The molecule has 1 atom stereocenters. The van der Waals surface area contributed by atoms with E-state index in [2.05, 4.69) is 10.5 Å². The van der Waals surface area contributed by atoms with Gasteiger partial charge in [0.2, 0.25) is 5.91 Å². The minimum absolute atomic E-state index is 0.200. The summed E-state index contributed by atoms with van der Waals surface area (Å²) in [6, 6.07) is 1.01. The van der Waals surface area contributed by atoms with Crippen molar-refractivity contribution >= 4 is 17.8 Å². The number of carbonyl (C=O) groups excluding carboxylic acids is 1. The summed E-state index contributed by atoms with van der Waals surface area (Å²) in [5.41, 5.74) is -0.200. The molecule has 0 radical (unpaired) electrons. The maximum Gasteiger partial charge on any atom is 0.407 e. The molecule has 1 aromatic heterocycles. The van der Waals surface area contributed by atoms with Crippen LogP contribution in [-0.2, 0) is 10.2 Å². The summed E-state index contributed by atoms with van der Waals surface area (Å²) >= 11 is 0. The molecule has 1 aliphatic heterocycles. The third-order valence-electron chi connectivity index (χ3n) is 3.55. The lowest BCUT2D eigenvalue weighted by Crippen LogP contribution is -2.49. The zero-order valence-electron chi connectivity index (χ0n) is 12.5. The number of amides is 2. The van der Waals surface area contributed by atoms with Gasteiger partial charge in [0.05, 0.1) is 0 Å². The number of rotatable bonds is 2. The van der Waals surface area contributed by atoms with Crippen molar-refractivity contribution < 1.29 is 19.2 Å². The predicted octanol–water partition coefficient (Wildman–Crippen LogP) is 2.44. The van der Waals surface area contributed by atoms with E-state index in [1.165, 1.54) is 4.90 Å². The lowest BCUT2D eigenvalue weighted by atomic mass is 9.93. The van der Waals surface area contributed by atoms with Gasteiger partial charge in [-0.2, -0.15) is 0 Å². The third-order valence-corrected chi connectivity index (χ3v) is 3.55. The molecular weight excluding hydrogens is 274 g/mol. The number of carboxylic acid groups (broad SMARTS) is 1. The van der Waals surface area contributed by atoms with E-state index in [0.717, 1.165) is 12.8 Å². The number of carbonyl (C=O) groups is 2. The Morgan fingerprint density at radius 1 is 1.43 bits per heavy atom. The second-order valence-electron chi connectivity index (χ2n) is 6.30. The van der Waals surface area contributed by atoms with Crippen molar-refractivity contribution in [1.82, 2.24) is 10.1 Å². The summed E-state index contributed by atoms with van der Waals surface area (Å²) in [4.78, 5) is 24.6. The molecule has 1 aliphatic rings. The first-order valence-corrected chi connectivity index (χ1v) is 7.06. The number of hydrogen-bond donors (Lipinski definition) is 2. The predicted molar refractivity (Wildman–Crippen MR) is 76.2 cm³/mol. The van der Waals surface area contributed by atoms with Gasteiger partial charge in [-0.05, 0) is 19.3 Å². The molecule has 1 fully saturated rings. The summed E-state index contributed by atoms with van der Waals surface area (Å²) in [6.07, 6.45) is 1.09. The summed E-state index contributed by atoms with van der Waals surface area (Å²) in [5, 5.41) is 15.6. The van der Waals surface area contributed by atoms with Crippen LogP contribution in [0.1, 0.15) is 45.8 Å². The molecule has 116 valence electrons. The van der Waals surface area contributed by atoms with Crippen LogP contribution >= 0.6 is 0 Å². The summed E-state index contributed by atoms with van der Waals surface area (Å²) in [7, 11) is 0. The largest absolute Gasteiger partial charge is 0.465 e. The average Bonchev–Trinajstić information content (AvgIpc) is 2.87. The first-order valence-electron chi connectivity index (χ1n) is 7.06. The second kappa shape index (κ2) is 5.75. The van der Waals surface area contributed by atoms with Gasteiger partial charge in [-0.25, -0.2) is 4.79 Å². The molecule has 7 heteroatoms. The average molecular weight is 295 g/mol. The summed E-state index contributed by atoms with van der Waals surface area (Å²) in [6.45, 7) is 6.32. The number of likely N-dealkylation sites (tertiary alicyclic amines) is 1. The van der Waals surface area contributed by atoms with Gasteiger partial charge in [0, 0.05) is 18.0 Å². The molecule has 0 bridgehead atoms. The van der Waals surface area contributed by atoms with Crippen molar-refractivity contribution in [2.75, 3.05) is 11.9 Å². The van der Waals surface area contributed by atoms with Crippen molar-refractivity contribution in [3.8, 4) is 0 Å². The zero-order valence-corrected chi connectivity index (χ0v) is 12.5. The lowest BCUT2D eigenvalue weighted by Gasteiger charge is -2.32. The fourth-order valence-corrected chi connectivity index (χ4v) is 2.33. The van der Waals surface area contributed by atoms with E-state index in [1.54, 1.807) is 6.07 Å². The summed E-state index contributed by atoms with van der Waals surface area (Å²) in [5.74, 6) is 0.628. The van der Waals surface area contributed by atoms with E-state index in [0.29, 0.717) is 24.5 Å². The monoisotopic (exact) mass is 295 g/mol. The Kier molecular flexibility index (Phi) is 4.20. The molecule has 2 amide bonds. The number of hydrogen-bond acceptors (Lipinski definition) is 4. The normalized spacial score (nSPS) is 19.4. The summed E-state index contributed by atoms with van der Waals surface area (Å²) < 4.78 is 5.20. The Morgan fingerprint density at radius 3 is 2.71 bits per heavy atom. The minimum atomic E-state index is -1.06. The van der Waals surface area contributed by atoms with Gasteiger partial charge in [0.1, 0.15) is 11.8 Å². The van der Waals surface area contributed by atoms with Gasteiger partial charge in [-0.1, -0.05) is 25.9 Å². The van der Waals surface area contributed by atoms with Crippen LogP contribution in [0.5, 0.6) is 0 Å². The molecule has 0 aliphatic carbocycles. The lowest BCUT2D eigenvalue weighted by molar-refractivity contribution is -0.121. The van der Waals surface area contributed by atoms with E-state index in [4.69, 9.17) is 9.63 Å². The molecule has 1 aromatic rings. The van der Waals surface area contributed by atoms with Crippen molar-refractivity contribution in [2.24, 2.45) is 0 Å². The SMILES string of the molecule is CC(C)(C)c1cc(NC(=O)C2CCCCN2C(=O)O)no1. The Hall–Kier alpha value is -2.05. The smallest absolute Gasteiger partial charge is 0.407 e. The van der Waals surface area contributed by atoms with Crippen molar-refractivity contribution in [2.45, 2.75) is 51.5 Å². The van der Waals surface area contributed by atoms with Crippen LogP contribution in [0.3, 0.4) is 0 Å². The molecule has 2 heterocycles. The highest BCUT2D eigenvalue weighted by Gasteiger charge is 2.32. The van der Waals surface area contributed by atoms with Gasteiger partial charge < -0.3 is 14.9 Å². The highest BCUT2D eigenvalue weighted by Crippen LogP contribution is 2.25. The molecule has 1 unspecified atom stereocenters. The van der Waals surface area contributed by atoms with E-state index in [1.807, 2.05) is 20.8 Å². The first-order chi connectivity index (χ1) is 9.79. The molecule has 7 nitrogen and oxygen atoms in total. The molecule has 0 aromatic carbocycles. The number of nitrogens with one attached hydrogen (secondary N) is 1. The van der Waals surface area contributed by atoms with E-state index >= 15 is 0 Å². The van der Waals surface area contributed by atoms with Crippen molar-refractivity contribution in [1.29, 1.82) is 0 Å². The molecule has 21 heavy (non-hydrogen) atoms. The van der Waals surface area contributed by atoms with Crippen LogP contribution < -0.4 is 5.32 Å². The Bertz CT molecular complexity index is 533. The number of piperidine rings is 1. The van der Waals surface area contributed by atoms with E-state index < -0.39 is 12.1 Å². The van der Waals surface area contributed by atoms with Gasteiger partial charge >= 0.3 is 6.09 Å². The van der Waals surface area contributed by atoms with Crippen LogP contribution in [0.2, 0.25) is 0 Å². The van der Waals surface area contributed by atoms with Crippen LogP contribution in [-0.4, -0.2) is 39.8 Å². The second-order valence-corrected chi connectivity index (χ2v) is 6.30. The Morgan fingerprint density at radius 2 is 2.14 bits per heavy atom. The van der Waals surface area contributed by atoms with Gasteiger partial charge in [0.15, 0.2) is 5.82 Å². The molecule has 0 saturated carbocycles. The van der Waals surface area contributed by atoms with Gasteiger partial charge in [0.25, 0.3) is 0 Å². The third kappa shape index (κ3) is 3.53. The molecule has 2 N–H and O–H groups in total. The van der Waals surface area contributed by atoms with Crippen molar-refractivity contribution in [3.63, 3.8) is 0 Å². The highest BCUT2D eigenvalue weighted by atomic mass is 16.5. The molecule has 2 rings (SSSR count). The molecule has 1 saturated heterocycles. The standard InChI is InChI=1S/C14H21N3O4/c1-14(2,3)10-8-11(16-21-10)15-12(18)9-6-4-5-7-17(9)13(19)20/h8-9H,4-7H2,1-3H3,(H,19,20)(H,15,16,18). The topological polar surface area (TPSA) is 95.7 Å². The fourth-order valence-electron chi connectivity index (χ4n) is 2.33. The van der Waals surface area contributed by atoms with Crippen LogP contribution in [0, 0.1) is 0 Å². The number of anilines is 1. The first kappa shape index (κ1) is 15.3. The maximum absolute atomic E-state index is 12.2. The van der Waals surface area contributed by atoms with Crippen LogP contribution in [0.25, 0.3) is 0 Å². The Labute approximate surface area is 123 Å². The number of nitrogens with zero attached hydrogens (tertiary/aromatic N) is 2. The van der Waals surface area contributed by atoms with Gasteiger partial charge in [-0.15, -0.1) is 0 Å².